The van der Waals surface area contributed by atoms with Gasteiger partial charge < -0.3 is 26.5 Å². The van der Waals surface area contributed by atoms with Gasteiger partial charge in [-0.15, -0.1) is 0 Å². The van der Waals surface area contributed by atoms with E-state index in [1.807, 2.05) is 30.3 Å². The summed E-state index contributed by atoms with van der Waals surface area (Å²) in [7, 11) is 0. The van der Waals surface area contributed by atoms with Crippen LogP contribution in [0.5, 0.6) is 0 Å². The number of nitrogens with one attached hydrogen (secondary N) is 1. The fourth-order valence-corrected chi connectivity index (χ4v) is 2.56. The molecule has 1 atom stereocenters. The SMILES string of the molecule is NCCCC[C@H](N)C(=O)N(Cc1ccccc1)c1c[nH]c(C(=O)O)c1. The van der Waals surface area contributed by atoms with Crippen LogP contribution in [0.3, 0.4) is 0 Å². The third-order valence-corrected chi connectivity index (χ3v) is 3.95. The molecule has 0 saturated heterocycles. The number of aromatic nitrogens is 1. The molecule has 1 aromatic carbocycles. The molecule has 0 bridgehead atoms. The normalized spacial score (nSPS) is 11.9. The Kier molecular flexibility index (Phi) is 6.73. The number of anilines is 1. The number of carbonyl (C=O) groups is 2. The van der Waals surface area contributed by atoms with Gasteiger partial charge in [0.2, 0.25) is 5.91 Å². The highest BCUT2D eigenvalue weighted by Crippen LogP contribution is 2.20. The fraction of sp³-hybridized carbons (Fsp3) is 0.333. The van der Waals surface area contributed by atoms with Crippen molar-refractivity contribution in [2.24, 2.45) is 11.5 Å². The van der Waals surface area contributed by atoms with Crippen molar-refractivity contribution in [1.82, 2.24) is 4.98 Å². The number of benzene rings is 1. The average molecular weight is 344 g/mol. The van der Waals surface area contributed by atoms with Gasteiger partial charge in [0.1, 0.15) is 5.69 Å². The minimum Gasteiger partial charge on any atom is -0.477 e. The first-order chi connectivity index (χ1) is 12.0. The predicted molar refractivity (Wildman–Crippen MR) is 96.3 cm³/mol. The maximum absolute atomic E-state index is 12.8. The van der Waals surface area contributed by atoms with Gasteiger partial charge in [0, 0.05) is 6.20 Å². The molecule has 0 aliphatic heterocycles. The van der Waals surface area contributed by atoms with E-state index in [9.17, 15) is 9.59 Å². The molecule has 7 nitrogen and oxygen atoms in total. The van der Waals surface area contributed by atoms with Crippen molar-refractivity contribution in [1.29, 1.82) is 0 Å². The van der Waals surface area contributed by atoms with Crippen LogP contribution in [0.25, 0.3) is 0 Å². The van der Waals surface area contributed by atoms with E-state index in [2.05, 4.69) is 4.98 Å². The van der Waals surface area contributed by atoms with Crippen LogP contribution in [0.2, 0.25) is 0 Å². The molecular formula is C18H24N4O3. The molecule has 2 rings (SSSR count). The number of carbonyl (C=O) groups excluding carboxylic acids is 1. The lowest BCUT2D eigenvalue weighted by Gasteiger charge is -2.25. The molecule has 2 aromatic rings. The maximum Gasteiger partial charge on any atom is 0.352 e. The molecule has 0 fully saturated rings. The van der Waals surface area contributed by atoms with Crippen LogP contribution in [0.15, 0.2) is 42.6 Å². The summed E-state index contributed by atoms with van der Waals surface area (Å²) < 4.78 is 0. The van der Waals surface area contributed by atoms with E-state index in [0.717, 1.165) is 18.4 Å². The van der Waals surface area contributed by atoms with Crippen LogP contribution in [-0.2, 0) is 11.3 Å². The highest BCUT2D eigenvalue weighted by molar-refractivity contribution is 5.98. The van der Waals surface area contributed by atoms with Crippen molar-refractivity contribution >= 4 is 17.6 Å². The number of amides is 1. The number of unbranched alkanes of at least 4 members (excludes halogenated alkanes) is 1. The lowest BCUT2D eigenvalue weighted by molar-refractivity contribution is -0.120. The molecular weight excluding hydrogens is 320 g/mol. The summed E-state index contributed by atoms with van der Waals surface area (Å²) in [5.74, 6) is -1.32. The van der Waals surface area contributed by atoms with Crippen molar-refractivity contribution < 1.29 is 14.7 Å². The zero-order chi connectivity index (χ0) is 18.2. The Morgan fingerprint density at radius 3 is 2.52 bits per heavy atom. The van der Waals surface area contributed by atoms with Gasteiger partial charge in [-0.3, -0.25) is 4.79 Å². The van der Waals surface area contributed by atoms with Crippen LogP contribution >= 0.6 is 0 Å². The Bertz CT molecular complexity index is 699. The number of nitrogens with zero attached hydrogens (tertiary/aromatic N) is 1. The van der Waals surface area contributed by atoms with Crippen molar-refractivity contribution in [3.8, 4) is 0 Å². The average Bonchev–Trinajstić information content (AvgIpc) is 3.10. The molecule has 7 heteroatoms. The first-order valence-corrected chi connectivity index (χ1v) is 8.25. The number of nitrogens with two attached hydrogens (primary N) is 2. The van der Waals surface area contributed by atoms with Crippen molar-refractivity contribution in [3.63, 3.8) is 0 Å². The number of aromatic carboxylic acids is 1. The summed E-state index contributed by atoms with van der Waals surface area (Å²) >= 11 is 0. The minimum atomic E-state index is -1.08. The standard InChI is InChI=1S/C18H24N4O3/c19-9-5-4-8-15(20)17(23)22(12-13-6-2-1-3-7-13)14-10-16(18(24)25)21-11-14/h1-3,6-7,10-11,15,21H,4-5,8-9,12,19-20H2,(H,24,25)/t15-/m0/s1. The Labute approximate surface area is 146 Å². The zero-order valence-electron chi connectivity index (χ0n) is 14.0. The summed E-state index contributed by atoms with van der Waals surface area (Å²) in [6.45, 7) is 0.885. The molecule has 25 heavy (non-hydrogen) atoms. The molecule has 1 aromatic heterocycles. The largest absolute Gasteiger partial charge is 0.477 e. The second-order valence-corrected chi connectivity index (χ2v) is 5.88. The van der Waals surface area contributed by atoms with Crippen molar-refractivity contribution in [3.05, 3.63) is 53.9 Å². The summed E-state index contributed by atoms with van der Waals surface area (Å²) in [6.07, 6.45) is 3.64. The molecule has 0 aliphatic carbocycles. The Morgan fingerprint density at radius 1 is 1.20 bits per heavy atom. The quantitative estimate of drug-likeness (QED) is 0.515. The molecule has 6 N–H and O–H groups in total. The van der Waals surface area contributed by atoms with Gasteiger partial charge in [-0.05, 0) is 31.0 Å². The topological polar surface area (TPSA) is 125 Å². The zero-order valence-corrected chi connectivity index (χ0v) is 14.0. The van der Waals surface area contributed by atoms with Crippen molar-refractivity contribution in [2.45, 2.75) is 31.8 Å². The van der Waals surface area contributed by atoms with Crippen LogP contribution in [0.1, 0.15) is 35.3 Å². The summed E-state index contributed by atoms with van der Waals surface area (Å²) in [5.41, 5.74) is 13.0. The lowest BCUT2D eigenvalue weighted by Crippen LogP contribution is -2.43. The monoisotopic (exact) mass is 344 g/mol. The van der Waals surface area contributed by atoms with Crippen LogP contribution < -0.4 is 16.4 Å². The van der Waals surface area contributed by atoms with Crippen molar-refractivity contribution in [2.75, 3.05) is 11.4 Å². The van der Waals surface area contributed by atoms with Gasteiger partial charge in [0.25, 0.3) is 0 Å². The number of H-pyrrole nitrogens is 1. The molecule has 1 amide bonds. The number of rotatable bonds is 9. The number of carboxylic acids is 1. The summed E-state index contributed by atoms with van der Waals surface area (Å²) in [6, 6.07) is 10.3. The highest BCUT2D eigenvalue weighted by Gasteiger charge is 2.24. The molecule has 0 aliphatic rings. The number of hydrogen-bond donors (Lipinski definition) is 4. The van der Waals surface area contributed by atoms with Gasteiger partial charge in [0.05, 0.1) is 18.3 Å². The van der Waals surface area contributed by atoms with Gasteiger partial charge in [-0.25, -0.2) is 4.79 Å². The van der Waals surface area contributed by atoms with Gasteiger partial charge >= 0.3 is 5.97 Å². The molecule has 134 valence electrons. The van der Waals surface area contributed by atoms with E-state index < -0.39 is 12.0 Å². The molecule has 1 heterocycles. The fourth-order valence-electron chi connectivity index (χ4n) is 2.56. The Morgan fingerprint density at radius 2 is 1.92 bits per heavy atom. The molecule has 0 saturated carbocycles. The smallest absolute Gasteiger partial charge is 0.352 e. The van der Waals surface area contributed by atoms with E-state index in [4.69, 9.17) is 16.6 Å². The third-order valence-electron chi connectivity index (χ3n) is 3.95. The van der Waals surface area contributed by atoms with Crippen LogP contribution in [0, 0.1) is 0 Å². The first kappa shape index (κ1) is 18.7. The molecule has 0 unspecified atom stereocenters. The third kappa shape index (κ3) is 5.17. The van der Waals surface area contributed by atoms with E-state index in [0.29, 0.717) is 25.2 Å². The minimum absolute atomic E-state index is 0.0255. The van der Waals surface area contributed by atoms with E-state index in [1.165, 1.54) is 17.2 Å². The first-order valence-electron chi connectivity index (χ1n) is 8.25. The Hall–Kier alpha value is -2.64. The van der Waals surface area contributed by atoms with Gasteiger partial charge in [-0.2, -0.15) is 0 Å². The highest BCUT2D eigenvalue weighted by atomic mass is 16.4. The van der Waals surface area contributed by atoms with Crippen LogP contribution in [-0.4, -0.2) is 34.6 Å². The predicted octanol–water partition coefficient (Wildman–Crippen LogP) is 1.70. The maximum atomic E-state index is 12.8. The lowest BCUT2D eigenvalue weighted by atomic mass is 10.1. The summed E-state index contributed by atoms with van der Waals surface area (Å²) in [4.78, 5) is 28.1. The van der Waals surface area contributed by atoms with E-state index in [-0.39, 0.29) is 11.6 Å². The van der Waals surface area contributed by atoms with E-state index in [1.54, 1.807) is 0 Å². The second-order valence-electron chi connectivity index (χ2n) is 5.88. The molecule has 0 spiro atoms. The van der Waals surface area contributed by atoms with Gasteiger partial charge in [0.15, 0.2) is 0 Å². The molecule has 0 radical (unpaired) electrons. The Balaban J connectivity index is 2.21. The van der Waals surface area contributed by atoms with Crippen LogP contribution in [0.4, 0.5) is 5.69 Å². The number of carboxylic acid groups (broad SMARTS) is 1. The summed E-state index contributed by atoms with van der Waals surface area (Å²) in [5, 5.41) is 9.09. The van der Waals surface area contributed by atoms with Gasteiger partial charge in [-0.1, -0.05) is 36.8 Å². The van der Waals surface area contributed by atoms with E-state index >= 15 is 0 Å². The number of hydrogen-bond acceptors (Lipinski definition) is 4. The number of aromatic amines is 1. The second kappa shape index (κ2) is 9.00.